The zero-order valence-electron chi connectivity index (χ0n) is 19.7. The number of benzene rings is 1. The third-order valence-electron chi connectivity index (χ3n) is 5.26. The number of rotatable bonds is 9. The average Bonchev–Trinajstić information content (AvgIpc) is 3.50. The Hall–Kier alpha value is -3.97. The summed E-state index contributed by atoms with van der Waals surface area (Å²) in [6.07, 6.45) is -1.63. The van der Waals surface area contributed by atoms with Gasteiger partial charge in [0.15, 0.2) is 4.88 Å². The predicted molar refractivity (Wildman–Crippen MR) is 128 cm³/mol. The largest absolute Gasteiger partial charge is 0.487 e. The molecule has 0 saturated heterocycles. The number of esters is 1. The number of aromatic nitrogens is 3. The molecule has 0 aliphatic carbocycles. The number of nitrogens with zero attached hydrogens (tertiary/aromatic N) is 3. The lowest BCUT2D eigenvalue weighted by molar-refractivity contribution is -0.138. The number of methoxy groups -OCH3 is 2. The molecule has 3 aromatic heterocycles. The molecule has 4 aromatic rings. The molecule has 0 atom stereocenters. The van der Waals surface area contributed by atoms with E-state index in [0.29, 0.717) is 29.2 Å². The van der Waals surface area contributed by atoms with E-state index in [1.54, 1.807) is 10.6 Å². The molecule has 1 N–H and O–H groups in total. The molecule has 194 valence electrons. The molecule has 4 rings (SSSR count). The van der Waals surface area contributed by atoms with E-state index in [1.165, 1.54) is 51.0 Å². The van der Waals surface area contributed by atoms with Crippen LogP contribution in [-0.4, -0.2) is 53.8 Å². The van der Waals surface area contributed by atoms with Gasteiger partial charge in [-0.05, 0) is 12.1 Å². The van der Waals surface area contributed by atoms with Crippen molar-refractivity contribution in [3.63, 3.8) is 0 Å². The van der Waals surface area contributed by atoms with Crippen LogP contribution in [0.2, 0.25) is 0 Å². The van der Waals surface area contributed by atoms with Crippen molar-refractivity contribution in [2.24, 2.45) is 0 Å². The molecule has 0 bridgehead atoms. The van der Waals surface area contributed by atoms with Crippen molar-refractivity contribution in [3.05, 3.63) is 70.6 Å². The Morgan fingerprint density at radius 3 is 2.65 bits per heavy atom. The van der Waals surface area contributed by atoms with Gasteiger partial charge < -0.3 is 19.5 Å². The van der Waals surface area contributed by atoms with Crippen LogP contribution in [0, 0.1) is 0 Å². The predicted octanol–water partition coefficient (Wildman–Crippen LogP) is 4.24. The first-order valence-corrected chi connectivity index (χ1v) is 11.6. The summed E-state index contributed by atoms with van der Waals surface area (Å²) in [7, 11) is 2.71. The van der Waals surface area contributed by atoms with Crippen LogP contribution in [0.4, 0.5) is 13.2 Å². The Labute approximate surface area is 212 Å². The smallest absolute Gasteiger partial charge is 0.416 e. The Balaban J connectivity index is 1.66. The zero-order chi connectivity index (χ0) is 26.6. The Bertz CT molecular complexity index is 1430. The van der Waals surface area contributed by atoms with Gasteiger partial charge in [-0.3, -0.25) is 9.36 Å². The van der Waals surface area contributed by atoms with Gasteiger partial charge in [-0.2, -0.15) is 13.2 Å². The van der Waals surface area contributed by atoms with Crippen molar-refractivity contribution in [1.82, 2.24) is 19.9 Å². The fourth-order valence-electron chi connectivity index (χ4n) is 3.47. The van der Waals surface area contributed by atoms with Gasteiger partial charge in [-0.1, -0.05) is 18.2 Å². The summed E-state index contributed by atoms with van der Waals surface area (Å²) in [6, 6.07) is 8.09. The SMILES string of the molecule is COCCNC(=O)c1cc2c(cn1)ncn2-c1cc(OCc2ccccc2C(F)(F)F)c(C(=O)OC)s1. The van der Waals surface area contributed by atoms with E-state index in [-0.39, 0.29) is 21.9 Å². The van der Waals surface area contributed by atoms with E-state index in [0.717, 1.165) is 17.4 Å². The molecule has 3 heterocycles. The number of hydrogen-bond acceptors (Lipinski definition) is 8. The maximum atomic E-state index is 13.4. The molecule has 0 radical (unpaired) electrons. The van der Waals surface area contributed by atoms with E-state index >= 15 is 0 Å². The van der Waals surface area contributed by atoms with Gasteiger partial charge in [0, 0.05) is 25.3 Å². The van der Waals surface area contributed by atoms with Crippen molar-refractivity contribution in [3.8, 4) is 10.8 Å². The highest BCUT2D eigenvalue weighted by Gasteiger charge is 2.33. The third kappa shape index (κ3) is 5.73. The van der Waals surface area contributed by atoms with E-state index in [4.69, 9.17) is 14.2 Å². The molecular weight excluding hydrogens is 513 g/mol. The Morgan fingerprint density at radius 2 is 1.92 bits per heavy atom. The van der Waals surface area contributed by atoms with Crippen molar-refractivity contribution in [1.29, 1.82) is 0 Å². The first-order chi connectivity index (χ1) is 17.7. The highest BCUT2D eigenvalue weighted by atomic mass is 32.1. The van der Waals surface area contributed by atoms with E-state index in [2.05, 4.69) is 15.3 Å². The number of halogens is 3. The van der Waals surface area contributed by atoms with Crippen LogP contribution < -0.4 is 10.1 Å². The maximum absolute atomic E-state index is 13.4. The molecule has 13 heteroatoms. The van der Waals surface area contributed by atoms with Crippen LogP contribution >= 0.6 is 11.3 Å². The first-order valence-electron chi connectivity index (χ1n) is 10.8. The molecule has 0 spiro atoms. The highest BCUT2D eigenvalue weighted by molar-refractivity contribution is 7.16. The van der Waals surface area contributed by atoms with E-state index in [9.17, 15) is 22.8 Å². The van der Waals surface area contributed by atoms with Gasteiger partial charge in [-0.25, -0.2) is 14.8 Å². The van der Waals surface area contributed by atoms with Crippen molar-refractivity contribution in [2.45, 2.75) is 12.8 Å². The molecule has 0 saturated carbocycles. The van der Waals surface area contributed by atoms with Crippen LogP contribution in [0.3, 0.4) is 0 Å². The number of fused-ring (bicyclic) bond motifs is 1. The van der Waals surface area contributed by atoms with Crippen molar-refractivity contribution in [2.75, 3.05) is 27.4 Å². The second-order valence-electron chi connectivity index (χ2n) is 7.63. The summed E-state index contributed by atoms with van der Waals surface area (Å²) < 4.78 is 57.2. The topological polar surface area (TPSA) is 105 Å². The standard InChI is InChI=1S/C24H21F3N4O5S/c1-34-8-7-28-22(32)16-9-18-17(11-29-16)30-13-31(18)20-10-19(21(37-20)23(33)35-2)36-12-14-5-3-4-6-15(14)24(25,26)27/h3-6,9-11,13H,7-8,12H2,1-2H3,(H,28,32). The van der Waals surface area contributed by atoms with E-state index in [1.807, 2.05) is 0 Å². The fourth-order valence-corrected chi connectivity index (χ4v) is 4.47. The molecule has 0 fully saturated rings. The normalized spacial score (nSPS) is 11.5. The number of alkyl halides is 3. The van der Waals surface area contributed by atoms with Crippen LogP contribution in [0.15, 0.2) is 48.9 Å². The molecule has 1 aromatic carbocycles. The third-order valence-corrected chi connectivity index (χ3v) is 6.35. The molecule has 1 amide bonds. The number of ether oxygens (including phenoxy) is 3. The summed E-state index contributed by atoms with van der Waals surface area (Å²) in [6.45, 7) is 0.226. The van der Waals surface area contributed by atoms with Gasteiger partial charge in [0.05, 0.1) is 31.0 Å². The molecule has 9 nitrogen and oxygen atoms in total. The minimum Gasteiger partial charge on any atom is -0.487 e. The summed E-state index contributed by atoms with van der Waals surface area (Å²) in [5, 5.41) is 3.16. The van der Waals surface area contributed by atoms with Crippen molar-refractivity contribution >= 4 is 34.2 Å². The van der Waals surface area contributed by atoms with Crippen LogP contribution in [-0.2, 0) is 22.3 Å². The van der Waals surface area contributed by atoms with Crippen LogP contribution in [0.25, 0.3) is 16.0 Å². The minimum atomic E-state index is -4.55. The summed E-state index contributed by atoms with van der Waals surface area (Å²) in [5.41, 5.74) is 0.258. The molecular formula is C24H21F3N4O5S. The molecule has 0 unspecified atom stereocenters. The number of hydrogen-bond donors (Lipinski definition) is 1. The second kappa shape index (κ2) is 11.0. The van der Waals surface area contributed by atoms with Crippen LogP contribution in [0.5, 0.6) is 5.75 Å². The monoisotopic (exact) mass is 534 g/mol. The lowest BCUT2D eigenvalue weighted by Gasteiger charge is -2.13. The lowest BCUT2D eigenvalue weighted by Crippen LogP contribution is -2.27. The molecule has 0 aliphatic heterocycles. The van der Waals surface area contributed by atoms with Gasteiger partial charge in [0.1, 0.15) is 34.9 Å². The average molecular weight is 535 g/mol. The number of thiophene rings is 1. The zero-order valence-corrected chi connectivity index (χ0v) is 20.5. The summed E-state index contributed by atoms with van der Waals surface area (Å²) in [4.78, 5) is 33.3. The number of nitrogens with one attached hydrogen (secondary N) is 1. The number of pyridine rings is 1. The minimum absolute atomic E-state index is 0.0530. The van der Waals surface area contributed by atoms with Gasteiger partial charge in [0.2, 0.25) is 0 Å². The Kier molecular flexibility index (Phi) is 7.74. The molecule has 37 heavy (non-hydrogen) atoms. The number of carbonyl (C=O) groups is 2. The Morgan fingerprint density at radius 1 is 1.14 bits per heavy atom. The lowest BCUT2D eigenvalue weighted by atomic mass is 10.1. The van der Waals surface area contributed by atoms with Gasteiger partial charge >= 0.3 is 12.1 Å². The highest BCUT2D eigenvalue weighted by Crippen LogP contribution is 2.36. The second-order valence-corrected chi connectivity index (χ2v) is 8.67. The van der Waals surface area contributed by atoms with E-state index < -0.39 is 30.2 Å². The maximum Gasteiger partial charge on any atom is 0.416 e. The summed E-state index contributed by atoms with van der Waals surface area (Å²) in [5.74, 6) is -1.06. The number of amides is 1. The van der Waals surface area contributed by atoms with Crippen LogP contribution in [0.1, 0.15) is 31.3 Å². The fraction of sp³-hybridized carbons (Fsp3) is 0.250. The number of carbonyl (C=O) groups excluding carboxylic acids is 2. The van der Waals surface area contributed by atoms with Gasteiger partial charge in [-0.15, -0.1) is 11.3 Å². The molecule has 0 aliphatic rings. The quantitative estimate of drug-likeness (QED) is 0.253. The first kappa shape index (κ1) is 26.1. The number of imidazole rings is 1. The summed E-state index contributed by atoms with van der Waals surface area (Å²) >= 11 is 1.00. The van der Waals surface area contributed by atoms with Gasteiger partial charge in [0.25, 0.3) is 5.91 Å². The van der Waals surface area contributed by atoms with Crippen molar-refractivity contribution < 1.29 is 37.0 Å².